The molecule has 1 unspecified atom stereocenters. The summed E-state index contributed by atoms with van der Waals surface area (Å²) in [6, 6.07) is 0. The van der Waals surface area contributed by atoms with Gasteiger partial charge >= 0.3 is 13.9 Å². The van der Waals surface area contributed by atoms with Crippen LogP contribution >= 0.6 is 7.75 Å². The maximum atomic E-state index is 12.5. The molecule has 0 amide bonds. The third-order valence-electron chi connectivity index (χ3n) is 1.93. The summed E-state index contributed by atoms with van der Waals surface area (Å²) in [6.07, 6.45) is -4.66. The summed E-state index contributed by atoms with van der Waals surface area (Å²) in [7, 11) is -4.01. The van der Waals surface area contributed by atoms with Crippen molar-refractivity contribution in [2.24, 2.45) is 0 Å². The molecular weight excluding hydrogens is 250 g/mol. The Labute approximate surface area is 91.0 Å². The normalized spacial score (nSPS) is 30.5. The van der Waals surface area contributed by atoms with Crippen molar-refractivity contribution in [2.75, 3.05) is 13.2 Å². The molecule has 0 aromatic rings. The van der Waals surface area contributed by atoms with Crippen LogP contribution in [0, 0.1) is 0 Å². The molecule has 0 radical (unpaired) electrons. The van der Waals surface area contributed by atoms with Crippen molar-refractivity contribution in [3.8, 4) is 0 Å². The molecule has 16 heavy (non-hydrogen) atoms. The average Bonchev–Trinajstić information content (AvgIpc) is 2.80. The van der Waals surface area contributed by atoms with Crippen LogP contribution in [-0.4, -0.2) is 29.9 Å². The second-order valence-electron chi connectivity index (χ2n) is 3.15. The van der Waals surface area contributed by atoms with Gasteiger partial charge in [0.05, 0.1) is 13.2 Å². The minimum Gasteiger partial charge on any atom is -0.295 e. The van der Waals surface area contributed by atoms with Gasteiger partial charge in [-0.1, -0.05) is 0 Å². The molecule has 0 aromatic heterocycles. The van der Waals surface area contributed by atoms with Crippen LogP contribution in [0.1, 0.15) is 20.8 Å². The van der Waals surface area contributed by atoms with E-state index < -0.39 is 19.6 Å². The third kappa shape index (κ3) is 2.26. The van der Waals surface area contributed by atoms with Gasteiger partial charge in [0.1, 0.15) is 0 Å². The minimum atomic E-state index is -4.66. The van der Waals surface area contributed by atoms with Gasteiger partial charge in [-0.25, -0.2) is 4.57 Å². The molecule has 0 saturated carbocycles. The first-order valence-electron chi connectivity index (χ1n) is 4.67. The smallest absolute Gasteiger partial charge is 0.295 e. The number of alkyl halides is 3. The molecule has 2 atom stereocenters. The van der Waals surface area contributed by atoms with Crippen LogP contribution < -0.4 is 0 Å². The maximum absolute atomic E-state index is 12.5. The highest BCUT2D eigenvalue weighted by atomic mass is 31.2. The van der Waals surface area contributed by atoms with Gasteiger partial charge in [0.25, 0.3) is 5.72 Å². The van der Waals surface area contributed by atoms with Crippen molar-refractivity contribution in [1.82, 2.24) is 4.83 Å². The number of halogens is 3. The highest BCUT2D eigenvalue weighted by molar-refractivity contribution is 7.51. The molecule has 0 aromatic carbocycles. The van der Waals surface area contributed by atoms with Crippen molar-refractivity contribution in [2.45, 2.75) is 32.7 Å². The van der Waals surface area contributed by atoms with Crippen LogP contribution in [0.5, 0.6) is 0 Å². The van der Waals surface area contributed by atoms with Crippen LogP contribution in [0.15, 0.2) is 0 Å². The van der Waals surface area contributed by atoms with Gasteiger partial charge in [0, 0.05) is 0 Å². The Morgan fingerprint density at radius 1 is 1.31 bits per heavy atom. The summed E-state index contributed by atoms with van der Waals surface area (Å²) in [4.78, 5) is 4.58. The lowest BCUT2D eigenvalue weighted by atomic mass is 10.3. The van der Waals surface area contributed by atoms with E-state index in [-0.39, 0.29) is 18.0 Å². The number of hydrogen-bond donors (Lipinski definition) is 0. The van der Waals surface area contributed by atoms with Crippen molar-refractivity contribution >= 4 is 7.75 Å². The molecule has 9 heteroatoms. The highest BCUT2D eigenvalue weighted by Gasteiger charge is 2.76. The van der Waals surface area contributed by atoms with Crippen molar-refractivity contribution < 1.29 is 31.6 Å². The Bertz CT molecular complexity index is 300. The topological polar surface area (TPSA) is 51.1 Å². The molecular formula is C7H13F3NO4P. The largest absolute Gasteiger partial charge is 0.435 e. The van der Waals surface area contributed by atoms with Crippen molar-refractivity contribution in [3.05, 3.63) is 0 Å². The lowest BCUT2D eigenvalue weighted by molar-refractivity contribution is -0.180. The SMILES string of the molecule is CCOP(=O)(OCC)N1O[C@]1(C)C(F)(F)F. The van der Waals surface area contributed by atoms with E-state index in [0.717, 1.165) is 6.92 Å². The summed E-state index contributed by atoms with van der Waals surface area (Å²) < 4.78 is 58.8. The zero-order valence-electron chi connectivity index (χ0n) is 9.08. The third-order valence-corrected chi connectivity index (χ3v) is 4.01. The number of rotatable bonds is 5. The number of nitrogens with zero attached hydrogens (tertiary/aromatic N) is 1. The molecule has 0 spiro atoms. The van der Waals surface area contributed by atoms with Crippen LogP contribution in [0.3, 0.4) is 0 Å². The fourth-order valence-electron chi connectivity index (χ4n) is 1.06. The summed E-state index contributed by atoms with van der Waals surface area (Å²) in [5.74, 6) is 0. The molecule has 1 heterocycles. The molecule has 96 valence electrons. The first-order valence-corrected chi connectivity index (χ1v) is 6.16. The van der Waals surface area contributed by atoms with Gasteiger partial charge in [0.15, 0.2) is 0 Å². The van der Waals surface area contributed by atoms with E-state index in [0.29, 0.717) is 0 Å². The van der Waals surface area contributed by atoms with Gasteiger partial charge in [-0.3, -0.25) is 13.9 Å². The van der Waals surface area contributed by atoms with E-state index in [9.17, 15) is 17.7 Å². The van der Waals surface area contributed by atoms with E-state index in [1.807, 2.05) is 0 Å². The zero-order valence-corrected chi connectivity index (χ0v) is 9.97. The van der Waals surface area contributed by atoms with Gasteiger partial charge in [0.2, 0.25) is 0 Å². The van der Waals surface area contributed by atoms with E-state index >= 15 is 0 Å². The summed E-state index contributed by atoms with van der Waals surface area (Å²) in [6.45, 7) is 3.69. The van der Waals surface area contributed by atoms with E-state index in [2.05, 4.69) is 4.84 Å². The second-order valence-corrected chi connectivity index (χ2v) is 4.97. The van der Waals surface area contributed by atoms with Gasteiger partial charge < -0.3 is 0 Å². The monoisotopic (exact) mass is 263 g/mol. The number of hydroxylamine groups is 1. The fourth-order valence-corrected chi connectivity index (χ4v) is 2.84. The minimum absolute atomic E-state index is 0.0366. The van der Waals surface area contributed by atoms with E-state index in [1.165, 1.54) is 13.8 Å². The zero-order chi connectivity index (χ0) is 12.6. The van der Waals surface area contributed by atoms with Gasteiger partial charge in [-0.15, -0.1) is 0 Å². The molecule has 0 N–H and O–H groups in total. The summed E-state index contributed by atoms with van der Waals surface area (Å²) in [5, 5.41) is 0. The Balaban J connectivity index is 2.83. The average molecular weight is 263 g/mol. The summed E-state index contributed by atoms with van der Waals surface area (Å²) >= 11 is 0. The predicted octanol–water partition coefficient (Wildman–Crippen LogP) is 2.69. The van der Waals surface area contributed by atoms with Crippen LogP contribution in [0.4, 0.5) is 13.2 Å². The molecule has 0 bridgehead atoms. The highest BCUT2D eigenvalue weighted by Crippen LogP contribution is 2.67. The van der Waals surface area contributed by atoms with Gasteiger partial charge in [-0.05, 0) is 25.6 Å². The van der Waals surface area contributed by atoms with Crippen LogP contribution in [0.25, 0.3) is 0 Å². The standard InChI is InChI=1S/C7H13F3NO4P/c1-4-13-16(12,14-5-2)11-6(3,15-11)7(8,9)10/h4-5H2,1-3H3/t6-,11?/m1/s1. The Hall–Kier alpha value is -0.140. The Kier molecular flexibility index (Phi) is 3.71. The molecule has 1 rings (SSSR count). The quantitative estimate of drug-likeness (QED) is 0.563. The maximum Gasteiger partial charge on any atom is 0.435 e. The van der Waals surface area contributed by atoms with Crippen molar-refractivity contribution in [3.63, 3.8) is 0 Å². The Morgan fingerprint density at radius 3 is 2.00 bits per heavy atom. The fraction of sp³-hybridized carbons (Fsp3) is 1.00. The lowest BCUT2D eigenvalue weighted by Gasteiger charge is -2.17. The summed E-state index contributed by atoms with van der Waals surface area (Å²) in [5.41, 5.74) is -2.59. The van der Waals surface area contributed by atoms with Crippen molar-refractivity contribution in [1.29, 1.82) is 0 Å². The molecule has 1 fully saturated rings. The lowest BCUT2D eigenvalue weighted by Crippen LogP contribution is -2.33. The van der Waals surface area contributed by atoms with E-state index in [4.69, 9.17) is 9.05 Å². The first kappa shape index (κ1) is 13.9. The first-order chi connectivity index (χ1) is 7.21. The van der Waals surface area contributed by atoms with Crippen LogP contribution in [0.2, 0.25) is 0 Å². The number of hydrogen-bond acceptors (Lipinski definition) is 4. The van der Waals surface area contributed by atoms with E-state index in [1.54, 1.807) is 0 Å². The molecule has 1 aliphatic heterocycles. The Morgan fingerprint density at radius 2 is 1.75 bits per heavy atom. The van der Waals surface area contributed by atoms with Crippen LogP contribution in [-0.2, 0) is 18.5 Å². The molecule has 5 nitrogen and oxygen atoms in total. The predicted molar refractivity (Wildman–Crippen MR) is 48.2 cm³/mol. The second kappa shape index (κ2) is 4.27. The van der Waals surface area contributed by atoms with Gasteiger partial charge in [-0.2, -0.15) is 13.2 Å². The molecule has 1 aliphatic rings. The molecule has 0 aliphatic carbocycles. The molecule has 1 saturated heterocycles.